The summed E-state index contributed by atoms with van der Waals surface area (Å²) in [5, 5.41) is 8.58. The van der Waals surface area contributed by atoms with E-state index in [1.807, 2.05) is 30.3 Å². The molecule has 1 heterocycles. The van der Waals surface area contributed by atoms with Crippen molar-refractivity contribution >= 4 is 5.97 Å². The van der Waals surface area contributed by atoms with Gasteiger partial charge in [0, 0.05) is 11.1 Å². The van der Waals surface area contributed by atoms with Crippen LogP contribution in [0.4, 0.5) is 4.39 Å². The van der Waals surface area contributed by atoms with Gasteiger partial charge in [0.25, 0.3) is 0 Å². The van der Waals surface area contributed by atoms with Crippen LogP contribution < -0.4 is 0 Å². The second-order valence-electron chi connectivity index (χ2n) is 3.58. The maximum absolute atomic E-state index is 13.5. The van der Waals surface area contributed by atoms with E-state index in [9.17, 15) is 9.18 Å². The second kappa shape index (κ2) is 4.74. The van der Waals surface area contributed by atoms with Gasteiger partial charge in [-0.25, -0.2) is 4.98 Å². The molecule has 2 rings (SSSR count). The first-order valence-corrected chi connectivity index (χ1v) is 5.09. The molecule has 1 N–H and O–H groups in total. The fourth-order valence-electron chi connectivity index (χ4n) is 1.53. The number of benzene rings is 1. The molecule has 1 aromatic carbocycles. The van der Waals surface area contributed by atoms with Crippen LogP contribution in [-0.4, -0.2) is 16.1 Å². The second-order valence-corrected chi connectivity index (χ2v) is 3.58. The number of carbonyl (C=O) groups is 1. The number of nitrogens with zero attached hydrogens (tertiary/aromatic N) is 1. The minimum absolute atomic E-state index is 0.0946. The van der Waals surface area contributed by atoms with Crippen molar-refractivity contribution in [3.63, 3.8) is 0 Å². The minimum Gasteiger partial charge on any atom is -0.481 e. The van der Waals surface area contributed by atoms with Crippen molar-refractivity contribution in [3.8, 4) is 11.3 Å². The minimum atomic E-state index is -1.07. The van der Waals surface area contributed by atoms with E-state index < -0.39 is 11.9 Å². The number of rotatable bonds is 3. The van der Waals surface area contributed by atoms with Gasteiger partial charge in [0.05, 0.1) is 12.1 Å². The Labute approximate surface area is 97.6 Å². The lowest BCUT2D eigenvalue weighted by Crippen LogP contribution is -2.04. The molecule has 0 aliphatic rings. The zero-order chi connectivity index (χ0) is 12.3. The topological polar surface area (TPSA) is 50.2 Å². The van der Waals surface area contributed by atoms with Gasteiger partial charge in [-0.1, -0.05) is 36.4 Å². The molecule has 86 valence electrons. The fourth-order valence-corrected chi connectivity index (χ4v) is 1.53. The van der Waals surface area contributed by atoms with Gasteiger partial charge in [0.1, 0.15) is 0 Å². The summed E-state index contributed by atoms with van der Waals surface area (Å²) in [7, 11) is 0. The number of carboxylic acid groups (broad SMARTS) is 1. The van der Waals surface area contributed by atoms with Gasteiger partial charge in [-0.15, -0.1) is 0 Å². The molecule has 1 aromatic heterocycles. The molecule has 0 saturated carbocycles. The van der Waals surface area contributed by atoms with Crippen LogP contribution in [0.2, 0.25) is 0 Å². The van der Waals surface area contributed by atoms with Crippen molar-refractivity contribution < 1.29 is 14.3 Å². The molecule has 2 aromatic rings. The Bertz CT molecular complexity index is 540. The van der Waals surface area contributed by atoms with Crippen LogP contribution in [-0.2, 0) is 11.2 Å². The standard InChI is InChI=1S/C13H10FNO2/c14-13-10(8-12(16)17)6-7-11(15-13)9-4-2-1-3-5-9/h1-7H,8H2,(H,16,17). The van der Waals surface area contributed by atoms with Crippen LogP contribution in [0.15, 0.2) is 42.5 Å². The van der Waals surface area contributed by atoms with Gasteiger partial charge in [-0.05, 0) is 6.07 Å². The van der Waals surface area contributed by atoms with Crippen LogP contribution in [0.1, 0.15) is 5.56 Å². The summed E-state index contributed by atoms with van der Waals surface area (Å²) in [6, 6.07) is 12.2. The van der Waals surface area contributed by atoms with Gasteiger partial charge in [0.15, 0.2) is 0 Å². The molecule has 0 spiro atoms. The van der Waals surface area contributed by atoms with Gasteiger partial charge >= 0.3 is 5.97 Å². The highest BCUT2D eigenvalue weighted by Crippen LogP contribution is 2.18. The largest absolute Gasteiger partial charge is 0.481 e. The van der Waals surface area contributed by atoms with E-state index in [-0.39, 0.29) is 12.0 Å². The third-order valence-corrected chi connectivity index (χ3v) is 2.34. The number of aliphatic carboxylic acids is 1. The third kappa shape index (κ3) is 2.66. The Morgan fingerprint density at radius 1 is 1.18 bits per heavy atom. The van der Waals surface area contributed by atoms with E-state index in [4.69, 9.17) is 5.11 Å². The lowest BCUT2D eigenvalue weighted by molar-refractivity contribution is -0.136. The maximum Gasteiger partial charge on any atom is 0.307 e. The molecule has 4 heteroatoms. The van der Waals surface area contributed by atoms with E-state index >= 15 is 0 Å². The molecule has 0 amide bonds. The van der Waals surface area contributed by atoms with E-state index in [1.54, 1.807) is 6.07 Å². The summed E-state index contributed by atoms with van der Waals surface area (Å²) >= 11 is 0. The number of hydrogen-bond donors (Lipinski definition) is 1. The lowest BCUT2D eigenvalue weighted by Gasteiger charge is -2.03. The van der Waals surface area contributed by atoms with E-state index in [0.29, 0.717) is 5.69 Å². The number of pyridine rings is 1. The van der Waals surface area contributed by atoms with Crippen molar-refractivity contribution in [2.45, 2.75) is 6.42 Å². The molecular formula is C13H10FNO2. The Morgan fingerprint density at radius 2 is 1.88 bits per heavy atom. The molecule has 0 aliphatic carbocycles. The van der Waals surface area contributed by atoms with Crippen molar-refractivity contribution in [3.05, 3.63) is 54.0 Å². The van der Waals surface area contributed by atoms with Crippen molar-refractivity contribution in [1.82, 2.24) is 4.98 Å². The number of aromatic nitrogens is 1. The first-order chi connectivity index (χ1) is 8.16. The molecule has 0 unspecified atom stereocenters. The predicted octanol–water partition coefficient (Wildman–Crippen LogP) is 2.51. The van der Waals surface area contributed by atoms with Crippen LogP contribution in [0, 0.1) is 5.95 Å². The van der Waals surface area contributed by atoms with E-state index in [1.165, 1.54) is 6.07 Å². The Morgan fingerprint density at radius 3 is 2.47 bits per heavy atom. The maximum atomic E-state index is 13.5. The molecule has 0 fully saturated rings. The van der Waals surface area contributed by atoms with Crippen molar-refractivity contribution in [2.75, 3.05) is 0 Å². The molecule has 0 atom stereocenters. The average molecular weight is 231 g/mol. The van der Waals surface area contributed by atoms with Crippen LogP contribution in [0.5, 0.6) is 0 Å². The van der Waals surface area contributed by atoms with E-state index in [2.05, 4.69) is 4.98 Å². The summed E-state index contributed by atoms with van der Waals surface area (Å²) in [4.78, 5) is 14.2. The fraction of sp³-hybridized carbons (Fsp3) is 0.0769. The van der Waals surface area contributed by atoms with E-state index in [0.717, 1.165) is 5.56 Å². The molecule has 0 bridgehead atoms. The number of halogens is 1. The zero-order valence-electron chi connectivity index (χ0n) is 8.93. The number of hydrogen-bond acceptors (Lipinski definition) is 2. The molecule has 17 heavy (non-hydrogen) atoms. The Hall–Kier alpha value is -2.23. The van der Waals surface area contributed by atoms with Crippen molar-refractivity contribution in [1.29, 1.82) is 0 Å². The summed E-state index contributed by atoms with van der Waals surface area (Å²) in [6.45, 7) is 0. The van der Waals surface area contributed by atoms with Crippen LogP contribution in [0.25, 0.3) is 11.3 Å². The Balaban J connectivity index is 2.34. The number of carboxylic acids is 1. The predicted molar refractivity (Wildman–Crippen MR) is 61.0 cm³/mol. The van der Waals surface area contributed by atoms with Gasteiger partial charge in [0.2, 0.25) is 5.95 Å². The van der Waals surface area contributed by atoms with Gasteiger partial charge in [-0.3, -0.25) is 4.79 Å². The highest BCUT2D eigenvalue weighted by Gasteiger charge is 2.09. The first-order valence-electron chi connectivity index (χ1n) is 5.09. The zero-order valence-corrected chi connectivity index (χ0v) is 8.93. The van der Waals surface area contributed by atoms with Crippen molar-refractivity contribution in [2.24, 2.45) is 0 Å². The van der Waals surface area contributed by atoms with Crippen LogP contribution in [0.3, 0.4) is 0 Å². The Kier molecular flexibility index (Phi) is 3.14. The average Bonchev–Trinajstić information content (AvgIpc) is 2.32. The molecule has 0 aliphatic heterocycles. The first kappa shape index (κ1) is 11.3. The lowest BCUT2D eigenvalue weighted by atomic mass is 10.1. The molecule has 3 nitrogen and oxygen atoms in total. The molecule has 0 saturated heterocycles. The van der Waals surface area contributed by atoms with Gasteiger partial charge < -0.3 is 5.11 Å². The monoisotopic (exact) mass is 231 g/mol. The SMILES string of the molecule is O=C(O)Cc1ccc(-c2ccccc2)nc1F. The summed E-state index contributed by atoms with van der Waals surface area (Å²) in [6.07, 6.45) is -0.353. The molecular weight excluding hydrogens is 221 g/mol. The smallest absolute Gasteiger partial charge is 0.307 e. The summed E-state index contributed by atoms with van der Waals surface area (Å²) in [5.74, 6) is -1.80. The van der Waals surface area contributed by atoms with Gasteiger partial charge in [-0.2, -0.15) is 4.39 Å². The third-order valence-electron chi connectivity index (χ3n) is 2.34. The van der Waals surface area contributed by atoms with Crippen LogP contribution >= 0.6 is 0 Å². The summed E-state index contributed by atoms with van der Waals surface area (Å²) < 4.78 is 13.5. The highest BCUT2D eigenvalue weighted by molar-refractivity contribution is 5.70. The summed E-state index contributed by atoms with van der Waals surface area (Å²) in [5.41, 5.74) is 1.39. The quantitative estimate of drug-likeness (QED) is 0.826. The normalized spacial score (nSPS) is 10.2. The highest BCUT2D eigenvalue weighted by atomic mass is 19.1. The molecule has 0 radical (unpaired) electrons.